The standard InChI is InChI=1S/C10H15N3O3/c1-13-6-2-3-7(13)10-11-8(12-16-10)4-5-9(14)15/h7H,2-6H2,1H3,(H,14,15). The summed E-state index contributed by atoms with van der Waals surface area (Å²) in [5, 5.41) is 12.3. The Balaban J connectivity index is 1.99. The Morgan fingerprint density at radius 2 is 2.50 bits per heavy atom. The van der Waals surface area contributed by atoms with E-state index in [1.165, 1.54) is 0 Å². The van der Waals surface area contributed by atoms with Gasteiger partial charge in [-0.2, -0.15) is 4.98 Å². The van der Waals surface area contributed by atoms with Gasteiger partial charge in [-0.1, -0.05) is 5.16 Å². The predicted octanol–water partition coefficient (Wildman–Crippen LogP) is 0.854. The first-order chi connectivity index (χ1) is 7.66. The molecule has 88 valence electrons. The number of aryl methyl sites for hydroxylation is 1. The van der Waals surface area contributed by atoms with Crippen molar-refractivity contribution in [3.8, 4) is 0 Å². The van der Waals surface area contributed by atoms with Gasteiger partial charge in [-0.05, 0) is 26.4 Å². The van der Waals surface area contributed by atoms with Crippen LogP contribution in [0.3, 0.4) is 0 Å². The lowest BCUT2D eigenvalue weighted by atomic mass is 10.2. The number of aromatic nitrogens is 2. The van der Waals surface area contributed by atoms with Crippen molar-refractivity contribution in [2.24, 2.45) is 0 Å². The Morgan fingerprint density at radius 1 is 1.69 bits per heavy atom. The number of hydrogen-bond donors (Lipinski definition) is 1. The summed E-state index contributed by atoms with van der Waals surface area (Å²) < 4.78 is 5.16. The molecule has 1 aliphatic rings. The van der Waals surface area contributed by atoms with Crippen molar-refractivity contribution in [3.05, 3.63) is 11.7 Å². The molecule has 1 unspecified atom stereocenters. The summed E-state index contributed by atoms with van der Waals surface area (Å²) in [4.78, 5) is 16.8. The molecule has 1 aliphatic heterocycles. The molecule has 0 saturated carbocycles. The molecule has 1 aromatic rings. The van der Waals surface area contributed by atoms with Crippen LogP contribution in [0, 0.1) is 0 Å². The molecule has 0 aliphatic carbocycles. The number of hydrogen-bond acceptors (Lipinski definition) is 5. The quantitative estimate of drug-likeness (QED) is 0.818. The Morgan fingerprint density at radius 3 is 3.12 bits per heavy atom. The number of carboxylic acid groups (broad SMARTS) is 1. The van der Waals surface area contributed by atoms with Crippen LogP contribution in [-0.4, -0.2) is 39.7 Å². The van der Waals surface area contributed by atoms with Crippen LogP contribution in [0.15, 0.2) is 4.52 Å². The van der Waals surface area contributed by atoms with Gasteiger partial charge in [0.05, 0.1) is 12.5 Å². The van der Waals surface area contributed by atoms with Crippen molar-refractivity contribution >= 4 is 5.97 Å². The third kappa shape index (κ3) is 2.38. The summed E-state index contributed by atoms with van der Waals surface area (Å²) in [6.45, 7) is 1.04. The molecule has 16 heavy (non-hydrogen) atoms. The first kappa shape index (κ1) is 11.1. The molecule has 0 aromatic carbocycles. The van der Waals surface area contributed by atoms with E-state index in [0.717, 1.165) is 19.4 Å². The number of nitrogens with zero attached hydrogens (tertiary/aromatic N) is 3. The van der Waals surface area contributed by atoms with Gasteiger partial charge in [0.15, 0.2) is 5.82 Å². The van der Waals surface area contributed by atoms with Crippen molar-refractivity contribution in [1.29, 1.82) is 0 Å². The SMILES string of the molecule is CN1CCCC1c1nc(CCC(=O)O)no1. The maximum Gasteiger partial charge on any atom is 0.303 e. The van der Waals surface area contributed by atoms with Gasteiger partial charge in [-0.25, -0.2) is 0 Å². The van der Waals surface area contributed by atoms with Crippen LogP contribution < -0.4 is 0 Å². The zero-order chi connectivity index (χ0) is 11.5. The van der Waals surface area contributed by atoms with Gasteiger partial charge in [0.2, 0.25) is 5.89 Å². The van der Waals surface area contributed by atoms with E-state index in [9.17, 15) is 4.79 Å². The van der Waals surface area contributed by atoms with E-state index >= 15 is 0 Å². The van der Waals surface area contributed by atoms with E-state index < -0.39 is 5.97 Å². The van der Waals surface area contributed by atoms with E-state index in [-0.39, 0.29) is 12.5 Å². The van der Waals surface area contributed by atoms with Gasteiger partial charge < -0.3 is 9.63 Å². The molecule has 2 heterocycles. The normalized spacial score (nSPS) is 21.4. The monoisotopic (exact) mass is 225 g/mol. The molecule has 0 radical (unpaired) electrons. The number of rotatable bonds is 4. The highest BCUT2D eigenvalue weighted by Crippen LogP contribution is 2.28. The largest absolute Gasteiger partial charge is 0.481 e. The molecule has 1 aromatic heterocycles. The van der Waals surface area contributed by atoms with E-state index in [1.807, 2.05) is 7.05 Å². The maximum atomic E-state index is 10.4. The Labute approximate surface area is 93.2 Å². The van der Waals surface area contributed by atoms with E-state index in [0.29, 0.717) is 18.1 Å². The Bertz CT molecular complexity index is 377. The third-order valence-corrected chi connectivity index (χ3v) is 2.85. The highest BCUT2D eigenvalue weighted by Gasteiger charge is 2.27. The number of aliphatic carboxylic acids is 1. The molecule has 0 amide bonds. The molecule has 1 atom stereocenters. The first-order valence-corrected chi connectivity index (χ1v) is 5.41. The molecule has 6 heteroatoms. The number of carbonyl (C=O) groups is 1. The van der Waals surface area contributed by atoms with Crippen molar-refractivity contribution in [2.45, 2.75) is 31.7 Å². The summed E-state index contributed by atoms with van der Waals surface area (Å²) in [7, 11) is 2.03. The average molecular weight is 225 g/mol. The van der Waals surface area contributed by atoms with Crippen molar-refractivity contribution in [1.82, 2.24) is 15.0 Å². The maximum absolute atomic E-state index is 10.4. The van der Waals surface area contributed by atoms with Crippen molar-refractivity contribution < 1.29 is 14.4 Å². The van der Waals surface area contributed by atoms with Gasteiger partial charge >= 0.3 is 5.97 Å². The summed E-state index contributed by atoms with van der Waals surface area (Å²) in [6, 6.07) is 0.200. The zero-order valence-electron chi connectivity index (χ0n) is 9.22. The second kappa shape index (κ2) is 4.61. The predicted molar refractivity (Wildman–Crippen MR) is 54.9 cm³/mol. The molecule has 2 rings (SSSR count). The second-order valence-corrected chi connectivity index (χ2v) is 4.08. The highest BCUT2D eigenvalue weighted by atomic mass is 16.5. The fourth-order valence-corrected chi connectivity index (χ4v) is 1.95. The molecule has 1 fully saturated rings. The summed E-state index contributed by atoms with van der Waals surface area (Å²) in [5.41, 5.74) is 0. The topological polar surface area (TPSA) is 79.5 Å². The fraction of sp³-hybridized carbons (Fsp3) is 0.700. The molecular weight excluding hydrogens is 210 g/mol. The van der Waals surface area contributed by atoms with E-state index in [1.54, 1.807) is 0 Å². The van der Waals surface area contributed by atoms with Crippen LogP contribution in [-0.2, 0) is 11.2 Å². The van der Waals surface area contributed by atoms with Gasteiger partial charge in [0.25, 0.3) is 0 Å². The van der Waals surface area contributed by atoms with Crippen molar-refractivity contribution in [2.75, 3.05) is 13.6 Å². The molecule has 6 nitrogen and oxygen atoms in total. The molecule has 1 saturated heterocycles. The minimum absolute atomic E-state index is 0.0412. The first-order valence-electron chi connectivity index (χ1n) is 5.41. The van der Waals surface area contributed by atoms with E-state index in [4.69, 9.17) is 9.63 Å². The smallest absolute Gasteiger partial charge is 0.303 e. The second-order valence-electron chi connectivity index (χ2n) is 4.08. The average Bonchev–Trinajstić information content (AvgIpc) is 2.83. The minimum Gasteiger partial charge on any atom is -0.481 e. The summed E-state index contributed by atoms with van der Waals surface area (Å²) in [5.74, 6) is 0.252. The lowest BCUT2D eigenvalue weighted by Crippen LogP contribution is -2.17. The number of carboxylic acids is 1. The van der Waals surface area contributed by atoms with Crippen LogP contribution >= 0.6 is 0 Å². The Hall–Kier alpha value is -1.43. The lowest BCUT2D eigenvalue weighted by molar-refractivity contribution is -0.137. The lowest BCUT2D eigenvalue weighted by Gasteiger charge is -2.14. The van der Waals surface area contributed by atoms with Gasteiger partial charge in [-0.15, -0.1) is 0 Å². The van der Waals surface area contributed by atoms with E-state index in [2.05, 4.69) is 15.0 Å². The van der Waals surface area contributed by atoms with Crippen LogP contribution in [0.2, 0.25) is 0 Å². The third-order valence-electron chi connectivity index (χ3n) is 2.85. The molecular formula is C10H15N3O3. The number of likely N-dealkylation sites (tertiary alicyclic amines) is 1. The minimum atomic E-state index is -0.843. The molecule has 0 bridgehead atoms. The fourth-order valence-electron chi connectivity index (χ4n) is 1.95. The van der Waals surface area contributed by atoms with Gasteiger partial charge in [0, 0.05) is 6.42 Å². The van der Waals surface area contributed by atoms with Crippen LogP contribution in [0.5, 0.6) is 0 Å². The summed E-state index contributed by atoms with van der Waals surface area (Å²) >= 11 is 0. The van der Waals surface area contributed by atoms with Crippen molar-refractivity contribution in [3.63, 3.8) is 0 Å². The van der Waals surface area contributed by atoms with Crippen LogP contribution in [0.25, 0.3) is 0 Å². The van der Waals surface area contributed by atoms with Gasteiger partial charge in [-0.3, -0.25) is 9.69 Å². The molecule has 1 N–H and O–H groups in total. The van der Waals surface area contributed by atoms with Crippen LogP contribution in [0.1, 0.15) is 37.0 Å². The van der Waals surface area contributed by atoms with Gasteiger partial charge in [0.1, 0.15) is 0 Å². The Kier molecular flexibility index (Phi) is 3.19. The zero-order valence-corrected chi connectivity index (χ0v) is 9.22. The molecule has 0 spiro atoms. The highest BCUT2D eigenvalue weighted by molar-refractivity contribution is 5.66. The summed E-state index contributed by atoms with van der Waals surface area (Å²) in [6.07, 6.45) is 2.53. The van der Waals surface area contributed by atoms with Crippen LogP contribution in [0.4, 0.5) is 0 Å².